The number of ether oxygens (including phenoxy) is 2. The summed E-state index contributed by atoms with van der Waals surface area (Å²) in [5.41, 5.74) is 1.97. The highest BCUT2D eigenvalue weighted by atomic mass is 16.5. The van der Waals surface area contributed by atoms with Gasteiger partial charge in [-0.1, -0.05) is 44.2 Å². The molecule has 0 aliphatic rings. The first kappa shape index (κ1) is 19.5. The van der Waals surface area contributed by atoms with Crippen LogP contribution in [0.25, 0.3) is 0 Å². The fourth-order valence-corrected chi connectivity index (χ4v) is 2.75. The molecule has 7 heteroatoms. The molecule has 1 atom stereocenters. The zero-order chi connectivity index (χ0) is 19.1. The largest absolute Gasteiger partial charge is 0.467 e. The number of rotatable bonds is 7. The van der Waals surface area contributed by atoms with Crippen molar-refractivity contribution in [1.29, 1.82) is 0 Å². The Morgan fingerprint density at radius 1 is 1.15 bits per heavy atom. The van der Waals surface area contributed by atoms with Crippen molar-refractivity contribution in [2.45, 2.75) is 38.8 Å². The Morgan fingerprint density at radius 3 is 2.42 bits per heavy atom. The number of nitrogens with one attached hydrogen (secondary N) is 1. The molecule has 0 bridgehead atoms. The minimum Gasteiger partial charge on any atom is -0.467 e. The van der Waals surface area contributed by atoms with Gasteiger partial charge in [0.15, 0.2) is 0 Å². The molecule has 0 aliphatic heterocycles. The summed E-state index contributed by atoms with van der Waals surface area (Å²) in [6.45, 7) is 4.77. The van der Waals surface area contributed by atoms with Gasteiger partial charge in [0.2, 0.25) is 0 Å². The summed E-state index contributed by atoms with van der Waals surface area (Å²) in [6, 6.07) is 9.17. The normalized spacial score (nSPS) is 11.9. The zero-order valence-corrected chi connectivity index (χ0v) is 15.6. The summed E-state index contributed by atoms with van der Waals surface area (Å²) >= 11 is 0. The highest BCUT2D eigenvalue weighted by Gasteiger charge is 2.25. The molecule has 0 saturated carbocycles. The van der Waals surface area contributed by atoms with Gasteiger partial charge in [-0.25, -0.2) is 14.6 Å². The summed E-state index contributed by atoms with van der Waals surface area (Å²) in [7, 11) is 2.54. The molecule has 1 aromatic heterocycles. The lowest BCUT2D eigenvalue weighted by Crippen LogP contribution is -2.43. The monoisotopic (exact) mass is 359 g/mol. The quantitative estimate of drug-likeness (QED) is 0.768. The molecule has 7 nitrogen and oxygen atoms in total. The number of aromatic nitrogens is 2. The van der Waals surface area contributed by atoms with Crippen LogP contribution in [0.1, 0.15) is 36.8 Å². The fourth-order valence-electron chi connectivity index (χ4n) is 2.75. The van der Waals surface area contributed by atoms with E-state index in [1.54, 1.807) is 6.20 Å². The maximum Gasteiger partial charge on any atom is 0.407 e. The van der Waals surface area contributed by atoms with Crippen LogP contribution >= 0.6 is 0 Å². The third-order valence-corrected chi connectivity index (χ3v) is 4.05. The van der Waals surface area contributed by atoms with Crippen LogP contribution in [-0.4, -0.2) is 41.9 Å². The second kappa shape index (κ2) is 9.03. The van der Waals surface area contributed by atoms with Crippen LogP contribution in [0.5, 0.6) is 0 Å². The molecule has 1 heterocycles. The van der Waals surface area contributed by atoms with Crippen molar-refractivity contribution < 1.29 is 19.1 Å². The molecule has 2 aromatic rings. The molecule has 2 rings (SSSR count). The number of hydrogen-bond donors (Lipinski definition) is 1. The van der Waals surface area contributed by atoms with E-state index in [0.717, 1.165) is 17.1 Å². The lowest BCUT2D eigenvalue weighted by Gasteiger charge is -2.18. The summed E-state index contributed by atoms with van der Waals surface area (Å²) < 4.78 is 11.5. The number of carbonyl (C=O) groups excluding carboxylic acids is 2. The number of benzene rings is 1. The molecule has 0 saturated heterocycles. The highest BCUT2D eigenvalue weighted by molar-refractivity contribution is 5.81. The first-order chi connectivity index (χ1) is 12.5. The molecule has 140 valence electrons. The van der Waals surface area contributed by atoms with Gasteiger partial charge in [-0.2, -0.15) is 0 Å². The molecular weight excluding hydrogens is 334 g/mol. The van der Waals surface area contributed by atoms with Gasteiger partial charge >= 0.3 is 12.1 Å². The Morgan fingerprint density at radius 2 is 1.85 bits per heavy atom. The van der Waals surface area contributed by atoms with Gasteiger partial charge in [-0.3, -0.25) is 0 Å². The number of amides is 1. The molecule has 0 aliphatic carbocycles. The van der Waals surface area contributed by atoms with Gasteiger partial charge in [-0.15, -0.1) is 0 Å². The molecule has 1 amide bonds. The highest BCUT2D eigenvalue weighted by Crippen LogP contribution is 2.19. The molecule has 26 heavy (non-hydrogen) atoms. The Balaban J connectivity index is 2.31. The standard InChI is InChI=1S/C19H25N3O4/c1-13(2)17-20-11-15(22(17)12-14-8-6-5-7-9-14)10-16(18(23)25-3)21-19(24)26-4/h5-9,11,13,16H,10,12H2,1-4H3,(H,21,24)/t16-/m0/s1. The van der Waals surface area contributed by atoms with Crippen LogP contribution in [-0.2, 0) is 27.2 Å². The summed E-state index contributed by atoms with van der Waals surface area (Å²) in [5, 5.41) is 2.52. The third kappa shape index (κ3) is 4.84. The van der Waals surface area contributed by atoms with Gasteiger partial charge in [-0.05, 0) is 5.56 Å². The van der Waals surface area contributed by atoms with Crippen LogP contribution in [0, 0.1) is 0 Å². The molecule has 0 fully saturated rings. The van der Waals surface area contributed by atoms with E-state index in [4.69, 9.17) is 4.74 Å². The lowest BCUT2D eigenvalue weighted by molar-refractivity contribution is -0.143. The van der Waals surface area contributed by atoms with Crippen LogP contribution in [0.15, 0.2) is 36.5 Å². The number of alkyl carbamates (subject to hydrolysis) is 1. The first-order valence-electron chi connectivity index (χ1n) is 8.46. The van der Waals surface area contributed by atoms with Gasteiger partial charge in [0.1, 0.15) is 11.9 Å². The van der Waals surface area contributed by atoms with Crippen LogP contribution < -0.4 is 5.32 Å². The lowest BCUT2D eigenvalue weighted by atomic mass is 10.1. The minimum absolute atomic E-state index is 0.220. The van der Waals surface area contributed by atoms with E-state index < -0.39 is 18.1 Å². The second-order valence-corrected chi connectivity index (χ2v) is 6.25. The van der Waals surface area contributed by atoms with E-state index in [2.05, 4.69) is 33.5 Å². The number of carbonyl (C=O) groups is 2. The Labute approximate surface area is 153 Å². The van der Waals surface area contributed by atoms with E-state index in [1.165, 1.54) is 14.2 Å². The maximum atomic E-state index is 12.1. The number of esters is 1. The summed E-state index contributed by atoms with van der Waals surface area (Å²) in [5.74, 6) is 0.608. The van der Waals surface area contributed by atoms with E-state index in [-0.39, 0.29) is 12.3 Å². The van der Waals surface area contributed by atoms with Crippen molar-refractivity contribution in [2.75, 3.05) is 14.2 Å². The summed E-state index contributed by atoms with van der Waals surface area (Å²) in [4.78, 5) is 28.1. The molecule has 0 spiro atoms. The minimum atomic E-state index is -0.848. The van der Waals surface area contributed by atoms with Crippen molar-refractivity contribution in [3.8, 4) is 0 Å². The number of hydrogen-bond acceptors (Lipinski definition) is 5. The Kier molecular flexibility index (Phi) is 6.77. The van der Waals surface area contributed by atoms with E-state index in [9.17, 15) is 9.59 Å². The van der Waals surface area contributed by atoms with Crippen molar-refractivity contribution >= 4 is 12.1 Å². The van der Waals surface area contributed by atoms with Crippen molar-refractivity contribution in [3.63, 3.8) is 0 Å². The second-order valence-electron chi connectivity index (χ2n) is 6.25. The van der Waals surface area contributed by atoms with E-state index in [1.807, 2.05) is 30.3 Å². The topological polar surface area (TPSA) is 82.5 Å². The Hall–Kier alpha value is -2.83. The molecule has 0 radical (unpaired) electrons. The predicted molar refractivity (Wildman–Crippen MR) is 96.9 cm³/mol. The van der Waals surface area contributed by atoms with Crippen molar-refractivity contribution in [2.24, 2.45) is 0 Å². The molecule has 1 aromatic carbocycles. The van der Waals surface area contributed by atoms with Crippen LogP contribution in [0.4, 0.5) is 4.79 Å². The van der Waals surface area contributed by atoms with E-state index >= 15 is 0 Å². The fraction of sp³-hybridized carbons (Fsp3) is 0.421. The van der Waals surface area contributed by atoms with Crippen LogP contribution in [0.3, 0.4) is 0 Å². The van der Waals surface area contributed by atoms with Gasteiger partial charge in [0, 0.05) is 30.8 Å². The van der Waals surface area contributed by atoms with Crippen molar-refractivity contribution in [3.05, 3.63) is 53.6 Å². The number of nitrogens with zero attached hydrogens (tertiary/aromatic N) is 2. The van der Waals surface area contributed by atoms with Crippen LogP contribution in [0.2, 0.25) is 0 Å². The Bertz CT molecular complexity index is 740. The van der Waals surface area contributed by atoms with Gasteiger partial charge < -0.3 is 19.4 Å². The van der Waals surface area contributed by atoms with Gasteiger partial charge in [0.05, 0.1) is 14.2 Å². The third-order valence-electron chi connectivity index (χ3n) is 4.05. The molecule has 0 unspecified atom stereocenters. The SMILES string of the molecule is COC(=O)N[C@@H](Cc1cnc(C(C)C)n1Cc1ccccc1)C(=O)OC. The van der Waals surface area contributed by atoms with E-state index in [0.29, 0.717) is 6.54 Å². The first-order valence-corrected chi connectivity index (χ1v) is 8.46. The average molecular weight is 359 g/mol. The molecular formula is C19H25N3O4. The predicted octanol–water partition coefficient (Wildman–Crippen LogP) is 2.49. The average Bonchev–Trinajstić information content (AvgIpc) is 3.03. The maximum absolute atomic E-state index is 12.1. The van der Waals surface area contributed by atoms with Gasteiger partial charge in [0.25, 0.3) is 0 Å². The number of methoxy groups -OCH3 is 2. The smallest absolute Gasteiger partial charge is 0.407 e. The number of imidazole rings is 1. The zero-order valence-electron chi connectivity index (χ0n) is 15.6. The summed E-state index contributed by atoms with van der Waals surface area (Å²) in [6.07, 6.45) is 1.32. The van der Waals surface area contributed by atoms with Crippen molar-refractivity contribution in [1.82, 2.24) is 14.9 Å². The molecule has 1 N–H and O–H groups in total.